The fourth-order valence-electron chi connectivity index (χ4n) is 1.55. The van der Waals surface area contributed by atoms with Crippen LogP contribution >= 0.6 is 0 Å². The molecule has 0 N–H and O–H groups in total. The van der Waals surface area contributed by atoms with Gasteiger partial charge in [-0.2, -0.15) is 0 Å². The van der Waals surface area contributed by atoms with Crippen molar-refractivity contribution in [2.75, 3.05) is 0 Å². The zero-order valence-electron chi connectivity index (χ0n) is 7.34. The molecule has 0 saturated carbocycles. The molecule has 0 aliphatic carbocycles. The third-order valence-electron chi connectivity index (χ3n) is 2.18. The molecule has 0 fully saturated rings. The second-order valence-electron chi connectivity index (χ2n) is 3.28. The molecule has 11 heavy (non-hydrogen) atoms. The zero-order valence-corrected chi connectivity index (χ0v) is 7.34. The summed E-state index contributed by atoms with van der Waals surface area (Å²) in [6, 6.07) is 0.599. The van der Waals surface area contributed by atoms with Crippen LogP contribution in [-0.4, -0.2) is 11.8 Å². The molecule has 1 heteroatoms. The van der Waals surface area contributed by atoms with Gasteiger partial charge >= 0.3 is 0 Å². The molecule has 1 aliphatic rings. The molecule has 0 spiro atoms. The van der Waals surface area contributed by atoms with Gasteiger partial charge in [0.2, 0.25) is 0 Å². The van der Waals surface area contributed by atoms with Crippen molar-refractivity contribution in [2.45, 2.75) is 45.1 Å². The molecule has 1 rings (SSSR count). The molecule has 62 valence electrons. The van der Waals surface area contributed by atoms with Crippen LogP contribution in [0, 0.1) is 0 Å². The van der Waals surface area contributed by atoms with Gasteiger partial charge in [0, 0.05) is 5.71 Å². The summed E-state index contributed by atoms with van der Waals surface area (Å²) in [6.07, 6.45) is 8.12. The van der Waals surface area contributed by atoms with E-state index < -0.39 is 0 Å². The number of nitrogens with zero attached hydrogens (tertiary/aromatic N) is 1. The maximum absolute atomic E-state index is 4.59. The van der Waals surface area contributed by atoms with E-state index in [4.69, 9.17) is 0 Å². The Balaban J connectivity index is 2.33. The zero-order chi connectivity index (χ0) is 8.10. The first-order valence-electron chi connectivity index (χ1n) is 4.47. The first kappa shape index (κ1) is 8.51. The summed E-state index contributed by atoms with van der Waals surface area (Å²) in [5.74, 6) is 0. The molecular weight excluding hydrogens is 134 g/mol. The molecule has 1 nitrogen and oxygen atoms in total. The fourth-order valence-corrected chi connectivity index (χ4v) is 1.55. The first-order chi connectivity index (χ1) is 5.33. The van der Waals surface area contributed by atoms with Crippen molar-refractivity contribution in [2.24, 2.45) is 4.99 Å². The highest BCUT2D eigenvalue weighted by Crippen LogP contribution is 2.17. The lowest BCUT2D eigenvalue weighted by atomic mass is 10.00. The fraction of sp³-hybridized carbons (Fsp3) is 0.700. The van der Waals surface area contributed by atoms with E-state index in [1.165, 1.54) is 31.4 Å². The Labute approximate surface area is 69.2 Å². The minimum absolute atomic E-state index is 0.599. The Morgan fingerprint density at radius 1 is 1.73 bits per heavy atom. The molecule has 0 bridgehead atoms. The Hall–Kier alpha value is -0.590. The monoisotopic (exact) mass is 151 g/mol. The van der Waals surface area contributed by atoms with Crippen molar-refractivity contribution in [1.29, 1.82) is 0 Å². The topological polar surface area (TPSA) is 12.4 Å². The van der Waals surface area contributed by atoms with Crippen LogP contribution in [0.1, 0.15) is 39.0 Å². The largest absolute Gasteiger partial charge is 0.291 e. The van der Waals surface area contributed by atoms with Gasteiger partial charge < -0.3 is 0 Å². The van der Waals surface area contributed by atoms with Crippen molar-refractivity contribution >= 4 is 5.71 Å². The van der Waals surface area contributed by atoms with Gasteiger partial charge in [-0.25, -0.2) is 0 Å². The average molecular weight is 151 g/mol. The van der Waals surface area contributed by atoms with Gasteiger partial charge in [-0.15, -0.1) is 6.58 Å². The SMILES string of the molecule is C=CCCC1CCCC(C)=N1. The van der Waals surface area contributed by atoms with E-state index in [0.717, 1.165) is 6.42 Å². The Kier molecular flexibility index (Phi) is 3.34. The van der Waals surface area contributed by atoms with Gasteiger partial charge in [0.1, 0.15) is 0 Å². The predicted molar refractivity (Wildman–Crippen MR) is 50.2 cm³/mol. The van der Waals surface area contributed by atoms with Gasteiger partial charge in [-0.1, -0.05) is 6.08 Å². The second-order valence-corrected chi connectivity index (χ2v) is 3.28. The minimum atomic E-state index is 0.599. The standard InChI is InChI=1S/C10H17N/c1-3-4-7-10-8-5-6-9(2)11-10/h3,10H,1,4-8H2,2H3. The number of hydrogen-bond acceptors (Lipinski definition) is 1. The summed E-state index contributed by atoms with van der Waals surface area (Å²) >= 11 is 0. The smallest absolute Gasteiger partial charge is 0.0502 e. The van der Waals surface area contributed by atoms with Crippen molar-refractivity contribution in [3.8, 4) is 0 Å². The lowest BCUT2D eigenvalue weighted by molar-refractivity contribution is 0.537. The summed E-state index contributed by atoms with van der Waals surface area (Å²) in [6.45, 7) is 5.85. The number of allylic oxidation sites excluding steroid dienone is 1. The molecule has 1 aliphatic heterocycles. The summed E-state index contributed by atoms with van der Waals surface area (Å²) in [5.41, 5.74) is 1.34. The van der Waals surface area contributed by atoms with Gasteiger partial charge in [0.05, 0.1) is 6.04 Å². The van der Waals surface area contributed by atoms with Crippen molar-refractivity contribution in [1.82, 2.24) is 0 Å². The lowest BCUT2D eigenvalue weighted by Gasteiger charge is -2.17. The molecular formula is C10H17N. The van der Waals surface area contributed by atoms with E-state index in [0.29, 0.717) is 6.04 Å². The molecule has 0 radical (unpaired) electrons. The Morgan fingerprint density at radius 3 is 3.18 bits per heavy atom. The second kappa shape index (κ2) is 4.32. The summed E-state index contributed by atoms with van der Waals surface area (Å²) in [5, 5.41) is 0. The maximum atomic E-state index is 4.59. The van der Waals surface area contributed by atoms with Gasteiger partial charge in [0.15, 0.2) is 0 Å². The van der Waals surface area contributed by atoms with Crippen LogP contribution in [0.4, 0.5) is 0 Å². The quantitative estimate of drug-likeness (QED) is 0.550. The van der Waals surface area contributed by atoms with Crippen molar-refractivity contribution in [3.63, 3.8) is 0 Å². The Morgan fingerprint density at radius 2 is 2.55 bits per heavy atom. The molecule has 0 aromatic rings. The summed E-state index contributed by atoms with van der Waals surface area (Å²) in [4.78, 5) is 4.59. The highest BCUT2D eigenvalue weighted by molar-refractivity contribution is 5.82. The van der Waals surface area contributed by atoms with Gasteiger partial charge in [-0.3, -0.25) is 4.99 Å². The lowest BCUT2D eigenvalue weighted by Crippen LogP contribution is -2.13. The van der Waals surface area contributed by atoms with E-state index in [9.17, 15) is 0 Å². The normalized spacial score (nSPS) is 24.5. The summed E-state index contributed by atoms with van der Waals surface area (Å²) in [7, 11) is 0. The van der Waals surface area contributed by atoms with E-state index in [1.54, 1.807) is 0 Å². The molecule has 0 aromatic carbocycles. The molecule has 0 saturated heterocycles. The average Bonchev–Trinajstić information content (AvgIpc) is 2.01. The molecule has 1 unspecified atom stereocenters. The number of hydrogen-bond donors (Lipinski definition) is 0. The van der Waals surface area contributed by atoms with Crippen LogP contribution in [0.5, 0.6) is 0 Å². The van der Waals surface area contributed by atoms with Crippen LogP contribution in [0.2, 0.25) is 0 Å². The molecule has 1 atom stereocenters. The minimum Gasteiger partial charge on any atom is -0.291 e. The van der Waals surface area contributed by atoms with Crippen LogP contribution in [0.15, 0.2) is 17.6 Å². The number of aliphatic imine (C=N–C) groups is 1. The maximum Gasteiger partial charge on any atom is 0.0502 e. The van der Waals surface area contributed by atoms with Crippen LogP contribution < -0.4 is 0 Å². The predicted octanol–water partition coefficient (Wildman–Crippen LogP) is 2.97. The number of rotatable bonds is 3. The van der Waals surface area contributed by atoms with E-state index >= 15 is 0 Å². The van der Waals surface area contributed by atoms with Gasteiger partial charge in [0.25, 0.3) is 0 Å². The molecule has 0 amide bonds. The van der Waals surface area contributed by atoms with E-state index in [1.807, 2.05) is 6.08 Å². The molecule has 1 heterocycles. The third kappa shape index (κ3) is 2.87. The van der Waals surface area contributed by atoms with Crippen LogP contribution in [0.25, 0.3) is 0 Å². The Bertz CT molecular complexity index is 158. The van der Waals surface area contributed by atoms with Crippen molar-refractivity contribution < 1.29 is 0 Å². The van der Waals surface area contributed by atoms with Crippen molar-refractivity contribution in [3.05, 3.63) is 12.7 Å². The van der Waals surface area contributed by atoms with E-state index in [2.05, 4.69) is 18.5 Å². The van der Waals surface area contributed by atoms with Gasteiger partial charge in [-0.05, 0) is 39.0 Å². The highest BCUT2D eigenvalue weighted by atomic mass is 14.8. The third-order valence-corrected chi connectivity index (χ3v) is 2.18. The van der Waals surface area contributed by atoms with E-state index in [-0.39, 0.29) is 0 Å². The highest BCUT2D eigenvalue weighted by Gasteiger charge is 2.10. The summed E-state index contributed by atoms with van der Waals surface area (Å²) < 4.78 is 0. The van der Waals surface area contributed by atoms with Crippen LogP contribution in [-0.2, 0) is 0 Å². The first-order valence-corrected chi connectivity index (χ1v) is 4.47. The van der Waals surface area contributed by atoms with Crippen LogP contribution in [0.3, 0.4) is 0 Å². The molecule has 0 aromatic heterocycles.